The Hall–Kier alpha value is -2.56. The van der Waals surface area contributed by atoms with Gasteiger partial charge in [0.2, 0.25) is 0 Å². The van der Waals surface area contributed by atoms with E-state index in [9.17, 15) is 4.79 Å². The molecule has 0 fully saturated rings. The van der Waals surface area contributed by atoms with E-state index < -0.39 is 0 Å². The summed E-state index contributed by atoms with van der Waals surface area (Å²) in [6, 6.07) is 10.2. The number of benzene rings is 1. The first-order valence-electron chi connectivity index (χ1n) is 9.37. The number of aryl methyl sites for hydroxylation is 1. The SMILES string of the molecule is CCC(C)NC(=O)c1ccc(Nc2ccc(N(CC)CC)cc2C)nc1. The van der Waals surface area contributed by atoms with Gasteiger partial charge in [-0.1, -0.05) is 6.92 Å². The summed E-state index contributed by atoms with van der Waals surface area (Å²) in [5.41, 5.74) is 3.98. The number of hydrogen-bond donors (Lipinski definition) is 2. The Kier molecular flexibility index (Phi) is 7.01. The molecule has 0 spiro atoms. The summed E-state index contributed by atoms with van der Waals surface area (Å²) in [5.74, 6) is 0.641. The third kappa shape index (κ3) is 4.97. The summed E-state index contributed by atoms with van der Waals surface area (Å²) in [4.78, 5) is 18.8. The number of nitrogens with zero attached hydrogens (tertiary/aromatic N) is 2. The van der Waals surface area contributed by atoms with Crippen LogP contribution in [0.3, 0.4) is 0 Å². The number of anilines is 3. The molecular formula is C21H30N4O. The molecule has 1 atom stereocenters. The van der Waals surface area contributed by atoms with Crippen molar-refractivity contribution in [3.8, 4) is 0 Å². The Bertz CT molecular complexity index is 723. The quantitative estimate of drug-likeness (QED) is 0.732. The highest BCUT2D eigenvalue weighted by atomic mass is 16.1. The van der Waals surface area contributed by atoms with Gasteiger partial charge < -0.3 is 15.5 Å². The first-order chi connectivity index (χ1) is 12.5. The fourth-order valence-corrected chi connectivity index (χ4v) is 2.72. The fraction of sp³-hybridized carbons (Fsp3) is 0.429. The number of nitrogens with one attached hydrogen (secondary N) is 2. The van der Waals surface area contributed by atoms with E-state index >= 15 is 0 Å². The van der Waals surface area contributed by atoms with Crippen molar-refractivity contribution in [1.29, 1.82) is 0 Å². The normalized spacial score (nSPS) is 11.7. The predicted octanol–water partition coefficient (Wildman–Crippen LogP) is 4.51. The van der Waals surface area contributed by atoms with Crippen LogP contribution in [0.2, 0.25) is 0 Å². The summed E-state index contributed by atoms with van der Waals surface area (Å²) >= 11 is 0. The molecule has 5 nitrogen and oxygen atoms in total. The standard InChI is InChI=1S/C21H30N4O/c1-6-16(5)23-21(26)17-9-12-20(22-14-17)24-19-11-10-18(13-15(19)4)25(7-2)8-3/h9-14,16H,6-8H2,1-5H3,(H,22,24)(H,23,26). The second-order valence-corrected chi connectivity index (χ2v) is 6.51. The van der Waals surface area contributed by atoms with Crippen LogP contribution in [0.5, 0.6) is 0 Å². The first-order valence-corrected chi connectivity index (χ1v) is 9.37. The first kappa shape index (κ1) is 19.8. The molecular weight excluding hydrogens is 324 g/mol. The van der Waals surface area contributed by atoms with Gasteiger partial charge in [-0.2, -0.15) is 0 Å². The highest BCUT2D eigenvalue weighted by molar-refractivity contribution is 5.94. The Labute approximate surface area is 156 Å². The minimum absolute atomic E-state index is 0.0850. The number of aromatic nitrogens is 1. The fourth-order valence-electron chi connectivity index (χ4n) is 2.72. The Morgan fingerprint density at radius 3 is 2.42 bits per heavy atom. The van der Waals surface area contributed by atoms with Crippen LogP contribution in [0.15, 0.2) is 36.5 Å². The van der Waals surface area contributed by atoms with Gasteiger partial charge in [-0.05, 0) is 70.0 Å². The van der Waals surface area contributed by atoms with Crippen molar-refractivity contribution in [3.05, 3.63) is 47.7 Å². The second kappa shape index (κ2) is 9.22. The molecule has 0 radical (unpaired) electrons. The van der Waals surface area contributed by atoms with Crippen LogP contribution in [0.25, 0.3) is 0 Å². The lowest BCUT2D eigenvalue weighted by Gasteiger charge is -2.22. The van der Waals surface area contributed by atoms with Gasteiger partial charge in [0, 0.05) is 36.7 Å². The molecule has 1 unspecified atom stereocenters. The van der Waals surface area contributed by atoms with Gasteiger partial charge in [-0.25, -0.2) is 4.98 Å². The molecule has 2 aromatic rings. The van der Waals surface area contributed by atoms with Crippen molar-refractivity contribution in [1.82, 2.24) is 10.3 Å². The van der Waals surface area contributed by atoms with E-state index in [0.717, 1.165) is 36.6 Å². The van der Waals surface area contributed by atoms with Crippen molar-refractivity contribution < 1.29 is 4.79 Å². The molecule has 140 valence electrons. The zero-order chi connectivity index (χ0) is 19.1. The number of carbonyl (C=O) groups is 1. The van der Waals surface area contributed by atoms with Gasteiger partial charge in [0.1, 0.15) is 5.82 Å². The Balaban J connectivity index is 2.08. The minimum Gasteiger partial charge on any atom is -0.372 e. The van der Waals surface area contributed by atoms with Gasteiger partial charge in [0.05, 0.1) is 5.56 Å². The smallest absolute Gasteiger partial charge is 0.253 e. The van der Waals surface area contributed by atoms with E-state index in [1.165, 1.54) is 5.69 Å². The van der Waals surface area contributed by atoms with Crippen LogP contribution >= 0.6 is 0 Å². The topological polar surface area (TPSA) is 57.3 Å². The predicted molar refractivity (Wildman–Crippen MR) is 109 cm³/mol. The molecule has 0 saturated heterocycles. The van der Waals surface area contributed by atoms with Gasteiger partial charge in [0.25, 0.3) is 5.91 Å². The monoisotopic (exact) mass is 354 g/mol. The van der Waals surface area contributed by atoms with Crippen molar-refractivity contribution in [2.24, 2.45) is 0 Å². The average molecular weight is 354 g/mol. The Morgan fingerprint density at radius 2 is 1.88 bits per heavy atom. The third-order valence-electron chi connectivity index (χ3n) is 4.62. The molecule has 0 aliphatic rings. The summed E-state index contributed by atoms with van der Waals surface area (Å²) < 4.78 is 0. The van der Waals surface area contributed by atoms with Crippen molar-refractivity contribution >= 4 is 23.1 Å². The van der Waals surface area contributed by atoms with E-state index in [0.29, 0.717) is 5.56 Å². The highest BCUT2D eigenvalue weighted by Crippen LogP contribution is 2.25. The molecule has 5 heteroatoms. The molecule has 2 N–H and O–H groups in total. The molecule has 2 rings (SSSR count). The minimum atomic E-state index is -0.0850. The number of rotatable bonds is 8. The maximum absolute atomic E-state index is 12.1. The van der Waals surface area contributed by atoms with E-state index in [1.54, 1.807) is 12.3 Å². The molecule has 0 saturated carbocycles. The van der Waals surface area contributed by atoms with Crippen LogP contribution in [-0.2, 0) is 0 Å². The summed E-state index contributed by atoms with van der Waals surface area (Å²) in [6.07, 6.45) is 2.52. The molecule has 26 heavy (non-hydrogen) atoms. The lowest BCUT2D eigenvalue weighted by molar-refractivity contribution is 0.0939. The second-order valence-electron chi connectivity index (χ2n) is 6.51. The van der Waals surface area contributed by atoms with Gasteiger partial charge in [-0.15, -0.1) is 0 Å². The molecule has 1 amide bonds. The number of carbonyl (C=O) groups excluding carboxylic acids is 1. The Morgan fingerprint density at radius 1 is 1.15 bits per heavy atom. The zero-order valence-electron chi connectivity index (χ0n) is 16.5. The molecule has 0 aliphatic carbocycles. The molecule has 1 aromatic heterocycles. The van der Waals surface area contributed by atoms with E-state index in [2.05, 4.69) is 59.5 Å². The van der Waals surface area contributed by atoms with Gasteiger partial charge in [0.15, 0.2) is 0 Å². The lowest BCUT2D eigenvalue weighted by Crippen LogP contribution is -2.31. The zero-order valence-corrected chi connectivity index (χ0v) is 16.5. The number of amides is 1. The van der Waals surface area contributed by atoms with Crippen LogP contribution in [0.4, 0.5) is 17.2 Å². The van der Waals surface area contributed by atoms with Crippen LogP contribution < -0.4 is 15.5 Å². The maximum atomic E-state index is 12.1. The van der Waals surface area contributed by atoms with E-state index in [1.807, 2.05) is 19.9 Å². The third-order valence-corrected chi connectivity index (χ3v) is 4.62. The van der Waals surface area contributed by atoms with Crippen molar-refractivity contribution in [2.75, 3.05) is 23.3 Å². The maximum Gasteiger partial charge on any atom is 0.253 e. The summed E-state index contributed by atoms with van der Waals surface area (Å²) in [5, 5.41) is 6.28. The molecule has 0 bridgehead atoms. The molecule has 0 aliphatic heterocycles. The van der Waals surface area contributed by atoms with Crippen LogP contribution in [0.1, 0.15) is 50.0 Å². The lowest BCUT2D eigenvalue weighted by atomic mass is 10.1. The van der Waals surface area contributed by atoms with Crippen molar-refractivity contribution in [3.63, 3.8) is 0 Å². The van der Waals surface area contributed by atoms with Gasteiger partial charge in [-0.3, -0.25) is 4.79 Å². The van der Waals surface area contributed by atoms with E-state index in [-0.39, 0.29) is 11.9 Å². The summed E-state index contributed by atoms with van der Waals surface area (Å²) in [6.45, 7) is 12.4. The van der Waals surface area contributed by atoms with Gasteiger partial charge >= 0.3 is 0 Å². The highest BCUT2D eigenvalue weighted by Gasteiger charge is 2.10. The van der Waals surface area contributed by atoms with Crippen LogP contribution in [0, 0.1) is 6.92 Å². The number of pyridine rings is 1. The summed E-state index contributed by atoms with van der Waals surface area (Å²) in [7, 11) is 0. The van der Waals surface area contributed by atoms with Crippen molar-refractivity contribution in [2.45, 2.75) is 47.1 Å². The number of hydrogen-bond acceptors (Lipinski definition) is 4. The van der Waals surface area contributed by atoms with Crippen LogP contribution in [-0.4, -0.2) is 30.0 Å². The molecule has 1 heterocycles. The average Bonchev–Trinajstić information content (AvgIpc) is 2.65. The molecule has 1 aromatic carbocycles. The largest absolute Gasteiger partial charge is 0.372 e. The van der Waals surface area contributed by atoms with E-state index in [4.69, 9.17) is 0 Å².